The van der Waals surface area contributed by atoms with Gasteiger partial charge in [0.05, 0.1) is 0 Å². The van der Waals surface area contributed by atoms with E-state index in [9.17, 15) is 18.4 Å². The molecule has 0 atom stereocenters. The number of carbonyl (C=O) groups is 2. The van der Waals surface area contributed by atoms with Gasteiger partial charge in [0.2, 0.25) is 0 Å². The molecule has 2 aromatic rings. The number of alkyl halides is 2. The Morgan fingerprint density at radius 1 is 1.13 bits per heavy atom. The maximum atomic E-state index is 12.1. The maximum absolute atomic E-state index is 12.1. The fraction of sp³-hybridized carbons (Fsp3) is 0.500. The summed E-state index contributed by atoms with van der Waals surface area (Å²) in [5, 5.41) is 13.4. The summed E-state index contributed by atoms with van der Waals surface area (Å²) in [5.74, 6) is -5.67. The average Bonchev–Trinajstić information content (AvgIpc) is 2.67. The molecule has 1 aliphatic rings. The number of aromatic nitrogens is 1. The predicted molar refractivity (Wildman–Crippen MR) is 114 cm³/mol. The lowest BCUT2D eigenvalue weighted by Crippen LogP contribution is -2.44. The van der Waals surface area contributed by atoms with E-state index in [2.05, 4.69) is 28.5 Å². The highest BCUT2D eigenvalue weighted by Gasteiger charge is 2.31. The number of pyridine rings is 1. The quantitative estimate of drug-likeness (QED) is 0.719. The van der Waals surface area contributed by atoms with Crippen molar-refractivity contribution in [2.75, 3.05) is 18.4 Å². The van der Waals surface area contributed by atoms with Crippen molar-refractivity contribution in [3.63, 3.8) is 0 Å². The number of hydrogen-bond donors (Lipinski definition) is 2. The van der Waals surface area contributed by atoms with Crippen LogP contribution in [0, 0.1) is 0 Å². The maximum Gasteiger partial charge on any atom is 0.410 e. The summed E-state index contributed by atoms with van der Waals surface area (Å²) in [5.41, 5.74) is 0.677. The number of piperidine rings is 1. The van der Waals surface area contributed by atoms with Gasteiger partial charge in [0, 0.05) is 49.5 Å². The first kappa shape index (κ1) is 24.3. The van der Waals surface area contributed by atoms with Crippen LogP contribution in [-0.4, -0.2) is 57.7 Å². The first-order chi connectivity index (χ1) is 14.3. The van der Waals surface area contributed by atoms with Crippen LogP contribution in [0.3, 0.4) is 0 Å². The summed E-state index contributed by atoms with van der Waals surface area (Å²) in [6.45, 7) is 7.47. The Morgan fingerprint density at radius 2 is 1.74 bits per heavy atom. The number of halogens is 2. The number of benzene rings is 1. The molecule has 2 N–H and O–H groups in total. The van der Waals surface area contributed by atoms with E-state index < -0.39 is 17.5 Å². The summed E-state index contributed by atoms with van der Waals surface area (Å²) < 4.78 is 27.9. The highest BCUT2D eigenvalue weighted by Crippen LogP contribution is 2.22. The summed E-state index contributed by atoms with van der Waals surface area (Å²) in [6, 6.07) is 8.72. The number of carboxylic acids is 1. The lowest BCUT2D eigenvalue weighted by molar-refractivity contribution is -0.161. The number of rotatable bonds is 3. The first-order valence-electron chi connectivity index (χ1n) is 10.0. The second kappa shape index (κ2) is 9.89. The molecule has 1 saturated heterocycles. The largest absolute Gasteiger partial charge is 0.477 e. The van der Waals surface area contributed by atoms with Gasteiger partial charge in [0.25, 0.3) is 0 Å². The van der Waals surface area contributed by atoms with Crippen molar-refractivity contribution in [1.82, 2.24) is 9.88 Å². The second-order valence-corrected chi connectivity index (χ2v) is 8.52. The molecule has 1 fully saturated rings. The SMILES string of the molecule is CC(C)(C)OC(=O)N1CCC(Nc2ccc3cnccc3c2)CC1.CC(F)(F)C(=O)O. The van der Waals surface area contributed by atoms with Gasteiger partial charge in [-0.1, -0.05) is 6.07 Å². The molecule has 0 bridgehead atoms. The summed E-state index contributed by atoms with van der Waals surface area (Å²) in [7, 11) is 0. The number of nitrogens with zero attached hydrogens (tertiary/aromatic N) is 2. The number of anilines is 1. The number of hydrogen-bond acceptors (Lipinski definition) is 5. The number of likely N-dealkylation sites (tertiary alicyclic amines) is 1. The monoisotopic (exact) mass is 437 g/mol. The molecule has 1 aliphatic heterocycles. The number of fused-ring (bicyclic) bond motifs is 1. The van der Waals surface area contributed by atoms with E-state index in [1.807, 2.05) is 39.2 Å². The number of carbonyl (C=O) groups excluding carboxylic acids is 1. The van der Waals surface area contributed by atoms with Crippen molar-refractivity contribution in [1.29, 1.82) is 0 Å². The Kier molecular flexibility index (Phi) is 7.75. The van der Waals surface area contributed by atoms with E-state index in [1.54, 1.807) is 4.90 Å². The van der Waals surface area contributed by atoms with Crippen molar-refractivity contribution in [3.05, 3.63) is 36.7 Å². The minimum atomic E-state index is -3.58. The van der Waals surface area contributed by atoms with Crippen LogP contribution in [0.2, 0.25) is 0 Å². The Hall–Kier alpha value is -2.97. The predicted octanol–water partition coefficient (Wildman–Crippen LogP) is 4.77. The van der Waals surface area contributed by atoms with Crippen LogP contribution >= 0.6 is 0 Å². The van der Waals surface area contributed by atoms with Gasteiger partial charge in [-0.25, -0.2) is 9.59 Å². The third kappa shape index (κ3) is 7.99. The molecule has 0 radical (unpaired) electrons. The van der Waals surface area contributed by atoms with E-state index in [0.29, 0.717) is 13.0 Å². The Balaban J connectivity index is 0.000000423. The normalized spacial score (nSPS) is 15.1. The molecule has 1 aromatic heterocycles. The second-order valence-electron chi connectivity index (χ2n) is 8.52. The number of carboxylic acid groups (broad SMARTS) is 1. The van der Waals surface area contributed by atoms with Crippen LogP contribution in [0.15, 0.2) is 36.7 Å². The minimum Gasteiger partial charge on any atom is -0.477 e. The van der Waals surface area contributed by atoms with Gasteiger partial charge >= 0.3 is 18.0 Å². The van der Waals surface area contributed by atoms with E-state index >= 15 is 0 Å². The molecular weight excluding hydrogens is 408 g/mol. The lowest BCUT2D eigenvalue weighted by atomic mass is 10.0. The molecule has 0 spiro atoms. The lowest BCUT2D eigenvalue weighted by Gasteiger charge is -2.34. The van der Waals surface area contributed by atoms with Crippen molar-refractivity contribution in [2.45, 2.75) is 58.1 Å². The standard InChI is InChI=1S/C19H25N3O2.C3H4F2O2/c1-19(2,3)24-18(23)22-10-7-16(8-11-22)21-17-5-4-15-13-20-9-6-14(15)12-17;1-3(4,5)2(6)7/h4-6,9,12-13,16,21H,7-8,10-11H2,1-3H3;1H3,(H,6,7). The highest BCUT2D eigenvalue weighted by molar-refractivity contribution is 5.84. The molecule has 31 heavy (non-hydrogen) atoms. The van der Waals surface area contributed by atoms with Gasteiger partial charge in [-0.15, -0.1) is 0 Å². The molecule has 1 aromatic carbocycles. The van der Waals surface area contributed by atoms with Gasteiger partial charge in [-0.3, -0.25) is 4.98 Å². The molecule has 1 amide bonds. The van der Waals surface area contributed by atoms with E-state index in [0.717, 1.165) is 37.0 Å². The number of aliphatic carboxylic acids is 1. The Labute approximate surface area is 180 Å². The van der Waals surface area contributed by atoms with Crippen molar-refractivity contribution in [3.8, 4) is 0 Å². The number of ether oxygens (including phenoxy) is 1. The zero-order valence-electron chi connectivity index (χ0n) is 18.2. The fourth-order valence-electron chi connectivity index (χ4n) is 2.94. The summed E-state index contributed by atoms with van der Waals surface area (Å²) >= 11 is 0. The molecular formula is C22H29F2N3O4. The van der Waals surface area contributed by atoms with Crippen molar-refractivity contribution in [2.24, 2.45) is 0 Å². The number of nitrogens with one attached hydrogen (secondary N) is 1. The molecule has 2 heterocycles. The van der Waals surface area contributed by atoms with E-state index in [4.69, 9.17) is 9.84 Å². The van der Waals surface area contributed by atoms with Gasteiger partial charge in [-0.2, -0.15) is 8.78 Å². The van der Waals surface area contributed by atoms with Gasteiger partial charge < -0.3 is 20.1 Å². The molecule has 7 nitrogen and oxygen atoms in total. The van der Waals surface area contributed by atoms with Crippen molar-refractivity contribution < 1.29 is 28.2 Å². The third-order valence-corrected chi connectivity index (χ3v) is 4.53. The molecule has 0 saturated carbocycles. The molecule has 3 rings (SSSR count). The highest BCUT2D eigenvalue weighted by atomic mass is 19.3. The summed E-state index contributed by atoms with van der Waals surface area (Å²) in [4.78, 5) is 27.3. The van der Waals surface area contributed by atoms with Crippen LogP contribution in [-0.2, 0) is 9.53 Å². The smallest absolute Gasteiger partial charge is 0.410 e. The van der Waals surface area contributed by atoms with E-state index in [1.165, 1.54) is 5.39 Å². The topological polar surface area (TPSA) is 91.8 Å². The fourth-order valence-corrected chi connectivity index (χ4v) is 2.94. The molecule has 9 heteroatoms. The zero-order valence-corrected chi connectivity index (χ0v) is 18.2. The molecule has 0 unspecified atom stereocenters. The van der Waals surface area contributed by atoms with Crippen LogP contribution in [0.5, 0.6) is 0 Å². The average molecular weight is 437 g/mol. The van der Waals surface area contributed by atoms with Crippen LogP contribution in [0.4, 0.5) is 19.3 Å². The van der Waals surface area contributed by atoms with Gasteiger partial charge in [0.15, 0.2) is 0 Å². The molecule has 170 valence electrons. The zero-order chi connectivity index (χ0) is 23.2. The Morgan fingerprint density at radius 3 is 2.29 bits per heavy atom. The van der Waals surface area contributed by atoms with Crippen LogP contribution in [0.1, 0.15) is 40.5 Å². The van der Waals surface area contributed by atoms with Crippen LogP contribution in [0.25, 0.3) is 10.8 Å². The van der Waals surface area contributed by atoms with Crippen LogP contribution < -0.4 is 5.32 Å². The van der Waals surface area contributed by atoms with Crippen molar-refractivity contribution >= 4 is 28.5 Å². The number of amides is 1. The van der Waals surface area contributed by atoms with Gasteiger partial charge in [-0.05, 0) is 57.2 Å². The molecule has 0 aliphatic carbocycles. The first-order valence-corrected chi connectivity index (χ1v) is 10.0. The minimum absolute atomic E-state index is 0.209. The van der Waals surface area contributed by atoms with E-state index in [-0.39, 0.29) is 6.09 Å². The summed E-state index contributed by atoms with van der Waals surface area (Å²) in [6.07, 6.45) is 5.32. The Bertz CT molecular complexity index is 901. The third-order valence-electron chi connectivity index (χ3n) is 4.53. The van der Waals surface area contributed by atoms with Gasteiger partial charge in [0.1, 0.15) is 5.60 Å².